The summed E-state index contributed by atoms with van der Waals surface area (Å²) in [4.78, 5) is 11.7. The van der Waals surface area contributed by atoms with Gasteiger partial charge in [-0.2, -0.15) is 5.10 Å². The molecule has 0 bridgehead atoms. The summed E-state index contributed by atoms with van der Waals surface area (Å²) in [5.41, 5.74) is 0. The molecule has 1 aliphatic heterocycles. The second-order valence-corrected chi connectivity index (χ2v) is 8.55. The number of halogens is 1. The molecule has 2 heterocycles. The van der Waals surface area contributed by atoms with Crippen molar-refractivity contribution in [3.05, 3.63) is 39.9 Å². The highest BCUT2D eigenvalue weighted by Crippen LogP contribution is 2.30. The van der Waals surface area contributed by atoms with Gasteiger partial charge in [0.15, 0.2) is 12.1 Å². The van der Waals surface area contributed by atoms with Crippen molar-refractivity contribution in [1.82, 2.24) is 19.7 Å². The van der Waals surface area contributed by atoms with E-state index in [0.717, 1.165) is 0 Å². The van der Waals surface area contributed by atoms with Crippen LogP contribution in [0.1, 0.15) is 38.9 Å². The van der Waals surface area contributed by atoms with E-state index in [1.54, 1.807) is 28.8 Å². The fourth-order valence-electron chi connectivity index (χ4n) is 3.62. The number of nitrogens with zero attached hydrogens (tertiary/aromatic N) is 3. The van der Waals surface area contributed by atoms with Gasteiger partial charge in [0.05, 0.1) is 11.6 Å². The molecule has 1 amide bonds. The molecule has 0 radical (unpaired) electrons. The number of amides is 1. The van der Waals surface area contributed by atoms with Crippen LogP contribution in [0.4, 0.5) is 0 Å². The van der Waals surface area contributed by atoms with E-state index in [4.69, 9.17) is 33.3 Å². The lowest BCUT2D eigenvalue weighted by atomic mass is 9.96. The molecule has 0 unspecified atom stereocenters. The zero-order chi connectivity index (χ0) is 23.6. The summed E-state index contributed by atoms with van der Waals surface area (Å²) >= 11 is 11.8. The van der Waals surface area contributed by atoms with Gasteiger partial charge < -0.3 is 30.1 Å². The van der Waals surface area contributed by atoms with E-state index in [-0.39, 0.29) is 17.4 Å². The minimum atomic E-state index is -1.41. The lowest BCUT2D eigenvalue weighted by Crippen LogP contribution is -2.62. The van der Waals surface area contributed by atoms with Crippen molar-refractivity contribution in [1.29, 1.82) is 0 Å². The third-order valence-electron chi connectivity index (χ3n) is 5.12. The Morgan fingerprint density at radius 3 is 2.62 bits per heavy atom. The zero-order valence-electron chi connectivity index (χ0n) is 17.9. The third kappa shape index (κ3) is 4.98. The van der Waals surface area contributed by atoms with E-state index in [9.17, 15) is 20.1 Å². The molecule has 176 valence electrons. The molecular formula is C20H27ClN4O6S. The maximum absolute atomic E-state index is 11.7. The highest BCUT2D eigenvalue weighted by atomic mass is 35.5. The first kappa shape index (κ1) is 24.6. The Labute approximate surface area is 195 Å². The monoisotopic (exact) mass is 486 g/mol. The summed E-state index contributed by atoms with van der Waals surface area (Å²) in [5.74, 6) is 0.513. The number of rotatable bonds is 7. The molecular weight excluding hydrogens is 460 g/mol. The molecule has 0 aliphatic carbocycles. The summed E-state index contributed by atoms with van der Waals surface area (Å²) < 4.78 is 15.0. The summed E-state index contributed by atoms with van der Waals surface area (Å²) in [6, 6.07) is 5.89. The van der Waals surface area contributed by atoms with Crippen LogP contribution in [-0.4, -0.2) is 66.5 Å². The SMILES string of the molecule is CC(=O)N[C@@H]1[C@H](O)[C@H](O)[C@@H](CO)O[C@@H]1n1nc(COc2ccccc2Cl)n(C(C)C)c1=S. The molecule has 2 aromatic rings. The molecule has 1 aliphatic rings. The zero-order valence-corrected chi connectivity index (χ0v) is 19.5. The molecule has 1 fully saturated rings. The average Bonchev–Trinajstić information content (AvgIpc) is 3.07. The Hall–Kier alpha value is -2.02. The third-order valence-corrected chi connectivity index (χ3v) is 5.82. The topological polar surface area (TPSA) is 131 Å². The van der Waals surface area contributed by atoms with Crippen LogP contribution < -0.4 is 10.1 Å². The van der Waals surface area contributed by atoms with Crippen LogP contribution in [-0.2, 0) is 16.1 Å². The quantitative estimate of drug-likeness (QED) is 0.431. The minimum absolute atomic E-state index is 0.0463. The summed E-state index contributed by atoms with van der Waals surface area (Å²) in [7, 11) is 0. The van der Waals surface area contributed by atoms with Crippen molar-refractivity contribution in [2.24, 2.45) is 0 Å². The number of aliphatic hydroxyl groups is 3. The standard InChI is InChI=1S/C20H27ClN4O6S/c1-10(2)24-15(9-30-13-7-5-4-6-12(13)21)23-25(20(24)32)19-16(22-11(3)27)18(29)17(28)14(8-26)31-19/h4-7,10,14,16-19,26,28-29H,8-9H2,1-3H3,(H,22,27)/t14-,16-,17-,18+,19+/m1/s1. The lowest BCUT2D eigenvalue weighted by molar-refractivity contribution is -0.219. The van der Waals surface area contributed by atoms with E-state index in [1.165, 1.54) is 11.6 Å². The Morgan fingerprint density at radius 1 is 1.34 bits per heavy atom. The summed E-state index contributed by atoms with van der Waals surface area (Å²) in [5, 5.41) is 38.0. The van der Waals surface area contributed by atoms with Crippen molar-refractivity contribution in [2.75, 3.05) is 6.61 Å². The van der Waals surface area contributed by atoms with Gasteiger partial charge >= 0.3 is 0 Å². The number of hydrogen-bond acceptors (Lipinski definition) is 8. The first-order valence-corrected chi connectivity index (χ1v) is 10.9. The smallest absolute Gasteiger partial charge is 0.217 e. The lowest BCUT2D eigenvalue weighted by Gasteiger charge is -2.42. The number of aliphatic hydroxyl groups excluding tert-OH is 3. The van der Waals surface area contributed by atoms with Crippen LogP contribution in [0.2, 0.25) is 5.02 Å². The van der Waals surface area contributed by atoms with Crippen molar-refractivity contribution < 1.29 is 29.6 Å². The number of para-hydroxylation sites is 1. The average molecular weight is 487 g/mol. The van der Waals surface area contributed by atoms with Gasteiger partial charge in [0, 0.05) is 13.0 Å². The Balaban J connectivity index is 1.99. The van der Waals surface area contributed by atoms with Crippen molar-refractivity contribution >= 4 is 29.7 Å². The number of nitrogens with one attached hydrogen (secondary N) is 1. The van der Waals surface area contributed by atoms with Crippen molar-refractivity contribution in [3.8, 4) is 5.75 Å². The van der Waals surface area contributed by atoms with Gasteiger partial charge in [-0.15, -0.1) is 0 Å². The molecule has 5 atom stereocenters. The van der Waals surface area contributed by atoms with Gasteiger partial charge in [0.2, 0.25) is 10.7 Å². The van der Waals surface area contributed by atoms with Crippen LogP contribution in [0, 0.1) is 4.77 Å². The number of ether oxygens (including phenoxy) is 2. The van der Waals surface area contributed by atoms with Crippen molar-refractivity contribution in [3.63, 3.8) is 0 Å². The highest BCUT2D eigenvalue weighted by molar-refractivity contribution is 7.71. The molecule has 0 spiro atoms. The largest absolute Gasteiger partial charge is 0.484 e. The molecule has 1 aromatic heterocycles. The predicted octanol–water partition coefficient (Wildman–Crippen LogP) is 1.34. The van der Waals surface area contributed by atoms with Crippen LogP contribution in [0.25, 0.3) is 0 Å². The molecule has 32 heavy (non-hydrogen) atoms. The van der Waals surface area contributed by atoms with Crippen molar-refractivity contribution in [2.45, 2.75) is 64.0 Å². The Morgan fingerprint density at radius 2 is 2.03 bits per heavy atom. The predicted molar refractivity (Wildman–Crippen MR) is 118 cm³/mol. The maximum Gasteiger partial charge on any atom is 0.217 e. The first-order chi connectivity index (χ1) is 15.1. The maximum atomic E-state index is 11.7. The summed E-state index contributed by atoms with van der Waals surface area (Å²) in [6.07, 6.45) is -4.98. The molecule has 12 heteroatoms. The van der Waals surface area contributed by atoms with E-state index in [2.05, 4.69) is 10.4 Å². The molecule has 0 saturated carbocycles. The van der Waals surface area contributed by atoms with Crippen LogP contribution in [0.3, 0.4) is 0 Å². The number of benzene rings is 1. The van der Waals surface area contributed by atoms with Gasteiger partial charge in [-0.1, -0.05) is 23.7 Å². The second kappa shape index (κ2) is 10.3. The van der Waals surface area contributed by atoms with Crippen LogP contribution in [0.5, 0.6) is 5.75 Å². The van der Waals surface area contributed by atoms with E-state index in [0.29, 0.717) is 16.6 Å². The summed E-state index contributed by atoms with van der Waals surface area (Å²) in [6.45, 7) is 4.63. The molecule has 1 saturated heterocycles. The number of hydrogen-bond donors (Lipinski definition) is 4. The number of carbonyl (C=O) groups excluding carboxylic acids is 1. The second-order valence-electron chi connectivity index (χ2n) is 7.78. The number of aromatic nitrogens is 3. The van der Waals surface area contributed by atoms with Crippen LogP contribution in [0.15, 0.2) is 24.3 Å². The van der Waals surface area contributed by atoms with E-state index >= 15 is 0 Å². The number of carbonyl (C=O) groups is 1. The normalized spacial score (nSPS) is 25.7. The van der Waals surface area contributed by atoms with Gasteiger partial charge in [-0.3, -0.25) is 9.36 Å². The van der Waals surface area contributed by atoms with E-state index in [1.807, 2.05) is 13.8 Å². The molecule has 1 aromatic carbocycles. The van der Waals surface area contributed by atoms with Gasteiger partial charge in [-0.25, -0.2) is 4.68 Å². The molecule has 10 nitrogen and oxygen atoms in total. The Kier molecular flexibility index (Phi) is 7.91. The fraction of sp³-hybridized carbons (Fsp3) is 0.550. The minimum Gasteiger partial charge on any atom is -0.484 e. The molecule has 3 rings (SSSR count). The van der Waals surface area contributed by atoms with Gasteiger partial charge in [0.25, 0.3) is 0 Å². The fourth-order valence-corrected chi connectivity index (χ4v) is 4.27. The Bertz CT molecular complexity index is 1010. The first-order valence-electron chi connectivity index (χ1n) is 10.1. The van der Waals surface area contributed by atoms with Crippen LogP contribution >= 0.6 is 23.8 Å². The van der Waals surface area contributed by atoms with Gasteiger partial charge in [-0.05, 0) is 38.2 Å². The van der Waals surface area contributed by atoms with E-state index < -0.39 is 43.1 Å². The highest BCUT2D eigenvalue weighted by Gasteiger charge is 2.46. The van der Waals surface area contributed by atoms with Gasteiger partial charge in [0.1, 0.15) is 36.7 Å². The molecule has 4 N–H and O–H groups in total.